The first-order valence-corrected chi connectivity index (χ1v) is 7.29. The van der Waals surface area contributed by atoms with Crippen LogP contribution in [0.1, 0.15) is 36.5 Å². The van der Waals surface area contributed by atoms with Crippen molar-refractivity contribution < 1.29 is 22.7 Å². The van der Waals surface area contributed by atoms with Crippen molar-refractivity contribution in [3.63, 3.8) is 0 Å². The van der Waals surface area contributed by atoms with Crippen molar-refractivity contribution in [1.82, 2.24) is 0 Å². The fourth-order valence-electron chi connectivity index (χ4n) is 1.52. The third-order valence-corrected chi connectivity index (χ3v) is 4.34. The van der Waals surface area contributed by atoms with Crippen LogP contribution in [0.2, 0.25) is 0 Å². The molecule has 0 saturated heterocycles. The normalized spacial score (nSPS) is 11.4. The van der Waals surface area contributed by atoms with Gasteiger partial charge < -0.3 is 5.11 Å². The molecule has 6 heteroatoms. The highest BCUT2D eigenvalue weighted by Gasteiger charge is 2.18. The quantitative estimate of drug-likeness (QED) is 0.639. The van der Waals surface area contributed by atoms with E-state index in [4.69, 9.17) is 5.11 Å². The zero-order valence-electron chi connectivity index (χ0n) is 10.0. The summed E-state index contributed by atoms with van der Waals surface area (Å²) in [6.45, 7) is 1.95. The van der Waals surface area contributed by atoms with Crippen LogP contribution in [-0.4, -0.2) is 25.2 Å². The van der Waals surface area contributed by atoms with Crippen LogP contribution in [0.4, 0.5) is 4.39 Å². The molecule has 0 atom stereocenters. The Bertz CT molecular complexity index is 537. The number of hydrogen-bond donors (Lipinski definition) is 1. The number of aromatic carboxylic acids is 1. The molecule has 0 aliphatic heterocycles. The minimum absolute atomic E-state index is 0.0501. The van der Waals surface area contributed by atoms with Crippen LogP contribution in [0, 0.1) is 5.82 Å². The molecule has 4 nitrogen and oxygen atoms in total. The molecule has 0 heterocycles. The molecular weight excluding hydrogens is 259 g/mol. The van der Waals surface area contributed by atoms with Gasteiger partial charge in [0.05, 0.1) is 16.2 Å². The number of sulfone groups is 1. The molecule has 0 fully saturated rings. The van der Waals surface area contributed by atoms with E-state index in [1.165, 1.54) is 0 Å². The first-order valence-electron chi connectivity index (χ1n) is 5.64. The fourth-order valence-corrected chi connectivity index (χ4v) is 2.91. The van der Waals surface area contributed by atoms with Gasteiger partial charge in [-0.25, -0.2) is 17.6 Å². The number of carboxylic acid groups (broad SMARTS) is 1. The molecular formula is C12H15FO4S. The van der Waals surface area contributed by atoms with E-state index in [2.05, 4.69) is 0 Å². The molecule has 0 amide bonds. The lowest BCUT2D eigenvalue weighted by Gasteiger charge is -2.05. The second-order valence-electron chi connectivity index (χ2n) is 3.97. The number of carboxylic acids is 1. The number of halogens is 1. The number of unbranched alkanes of at least 4 members (excludes halogenated alkanes) is 2. The monoisotopic (exact) mass is 274 g/mol. The van der Waals surface area contributed by atoms with Crippen LogP contribution in [0.5, 0.6) is 0 Å². The highest BCUT2D eigenvalue weighted by molar-refractivity contribution is 7.91. The van der Waals surface area contributed by atoms with Crippen LogP contribution in [0.3, 0.4) is 0 Å². The zero-order chi connectivity index (χ0) is 13.8. The Morgan fingerprint density at radius 1 is 1.33 bits per heavy atom. The van der Waals surface area contributed by atoms with Crippen LogP contribution >= 0.6 is 0 Å². The van der Waals surface area contributed by atoms with Gasteiger partial charge in [-0.3, -0.25) is 0 Å². The van der Waals surface area contributed by atoms with E-state index in [1.807, 2.05) is 6.92 Å². The van der Waals surface area contributed by atoms with Gasteiger partial charge in [0, 0.05) is 0 Å². The summed E-state index contributed by atoms with van der Waals surface area (Å²) in [7, 11) is -3.54. The Hall–Kier alpha value is -1.43. The Morgan fingerprint density at radius 2 is 2.00 bits per heavy atom. The SMILES string of the molecule is CCCCCS(=O)(=O)c1ccc(F)c(C(=O)O)c1. The van der Waals surface area contributed by atoms with Crippen LogP contribution < -0.4 is 0 Å². The molecule has 0 unspecified atom stereocenters. The Labute approximate surface area is 105 Å². The summed E-state index contributed by atoms with van der Waals surface area (Å²) in [5, 5.41) is 8.74. The Kier molecular flexibility index (Phi) is 4.84. The first kappa shape index (κ1) is 14.6. The van der Waals surface area contributed by atoms with Crippen molar-refractivity contribution in [3.8, 4) is 0 Å². The summed E-state index contributed by atoms with van der Waals surface area (Å²) < 4.78 is 36.9. The van der Waals surface area contributed by atoms with Crippen molar-refractivity contribution in [2.45, 2.75) is 31.1 Å². The smallest absolute Gasteiger partial charge is 0.338 e. The standard InChI is InChI=1S/C12H15FO4S/c1-2-3-4-7-18(16,17)9-5-6-11(13)10(8-9)12(14)15/h5-6,8H,2-4,7H2,1H3,(H,14,15). The summed E-state index contributed by atoms with van der Waals surface area (Å²) in [6.07, 6.45) is 2.18. The second kappa shape index (κ2) is 5.95. The zero-order valence-corrected chi connectivity index (χ0v) is 10.8. The number of benzene rings is 1. The van der Waals surface area contributed by atoms with Gasteiger partial charge in [-0.15, -0.1) is 0 Å². The molecule has 1 N–H and O–H groups in total. The van der Waals surface area contributed by atoms with E-state index in [0.29, 0.717) is 6.42 Å². The van der Waals surface area contributed by atoms with E-state index in [-0.39, 0.29) is 10.6 Å². The summed E-state index contributed by atoms with van der Waals surface area (Å²) in [6, 6.07) is 2.85. The minimum atomic E-state index is -3.54. The van der Waals surface area contributed by atoms with Crippen LogP contribution in [0.25, 0.3) is 0 Å². The van der Waals surface area contributed by atoms with Crippen molar-refractivity contribution in [1.29, 1.82) is 0 Å². The average molecular weight is 274 g/mol. The van der Waals surface area contributed by atoms with Crippen LogP contribution in [0.15, 0.2) is 23.1 Å². The summed E-state index contributed by atoms with van der Waals surface area (Å²) in [4.78, 5) is 10.6. The molecule has 0 aliphatic rings. The highest BCUT2D eigenvalue weighted by Crippen LogP contribution is 2.17. The molecule has 18 heavy (non-hydrogen) atoms. The van der Waals surface area contributed by atoms with E-state index >= 15 is 0 Å². The maximum Gasteiger partial charge on any atom is 0.338 e. The summed E-state index contributed by atoms with van der Waals surface area (Å²) >= 11 is 0. The van der Waals surface area contributed by atoms with Gasteiger partial charge in [0.15, 0.2) is 9.84 Å². The van der Waals surface area contributed by atoms with Crippen molar-refractivity contribution in [3.05, 3.63) is 29.6 Å². The lowest BCUT2D eigenvalue weighted by atomic mass is 10.2. The van der Waals surface area contributed by atoms with Gasteiger partial charge in [0.25, 0.3) is 0 Å². The summed E-state index contributed by atoms with van der Waals surface area (Å²) in [5.41, 5.74) is -0.619. The van der Waals surface area contributed by atoms with Gasteiger partial charge in [-0.05, 0) is 24.6 Å². The molecule has 0 bridgehead atoms. The van der Waals surface area contributed by atoms with Gasteiger partial charge in [-0.1, -0.05) is 19.8 Å². The van der Waals surface area contributed by atoms with E-state index in [1.54, 1.807) is 0 Å². The molecule has 1 rings (SSSR count). The molecule has 0 aliphatic carbocycles. The maximum atomic E-state index is 13.1. The molecule has 1 aromatic rings. The summed E-state index contributed by atoms with van der Waals surface area (Å²) in [5.74, 6) is -2.46. The predicted molar refractivity (Wildman–Crippen MR) is 64.9 cm³/mol. The first-order chi connectivity index (χ1) is 8.38. The second-order valence-corrected chi connectivity index (χ2v) is 6.08. The minimum Gasteiger partial charge on any atom is -0.478 e. The van der Waals surface area contributed by atoms with Crippen molar-refractivity contribution in [2.75, 3.05) is 5.75 Å². The molecule has 0 aromatic heterocycles. The van der Waals surface area contributed by atoms with Gasteiger partial charge in [0.1, 0.15) is 5.82 Å². The Morgan fingerprint density at radius 3 is 2.56 bits per heavy atom. The van der Waals surface area contributed by atoms with E-state index in [0.717, 1.165) is 31.0 Å². The molecule has 0 spiro atoms. The topological polar surface area (TPSA) is 71.4 Å². The third-order valence-electron chi connectivity index (χ3n) is 2.54. The average Bonchev–Trinajstić information content (AvgIpc) is 2.29. The largest absolute Gasteiger partial charge is 0.478 e. The predicted octanol–water partition coefficient (Wildman–Crippen LogP) is 2.49. The molecule has 1 aromatic carbocycles. The van der Waals surface area contributed by atoms with Gasteiger partial charge in [-0.2, -0.15) is 0 Å². The van der Waals surface area contributed by atoms with E-state index < -0.39 is 27.2 Å². The van der Waals surface area contributed by atoms with Crippen molar-refractivity contribution >= 4 is 15.8 Å². The molecule has 0 radical (unpaired) electrons. The fraction of sp³-hybridized carbons (Fsp3) is 0.417. The van der Waals surface area contributed by atoms with Crippen molar-refractivity contribution in [2.24, 2.45) is 0 Å². The van der Waals surface area contributed by atoms with Gasteiger partial charge in [0.2, 0.25) is 0 Å². The highest BCUT2D eigenvalue weighted by atomic mass is 32.2. The number of carbonyl (C=O) groups is 1. The molecule has 100 valence electrons. The third kappa shape index (κ3) is 3.53. The lowest BCUT2D eigenvalue weighted by molar-refractivity contribution is 0.0691. The molecule has 0 saturated carbocycles. The maximum absolute atomic E-state index is 13.1. The number of hydrogen-bond acceptors (Lipinski definition) is 3. The van der Waals surface area contributed by atoms with E-state index in [9.17, 15) is 17.6 Å². The Balaban J connectivity index is 3.02. The number of rotatable bonds is 6. The van der Waals surface area contributed by atoms with Crippen LogP contribution in [-0.2, 0) is 9.84 Å². The van der Waals surface area contributed by atoms with Gasteiger partial charge >= 0.3 is 5.97 Å². The lowest BCUT2D eigenvalue weighted by Crippen LogP contribution is -2.09.